The Labute approximate surface area is 217 Å². The standard InChI is InChI=1S/C27H38O10/c1-7-10-33-24(31)36-19-11-20-27(13-34-20,37-17(5)29)18-12-26(32)9-8-14(2)21(15(26)3)22(35-16(4)28)23(30)25(18,19)6/h7,14-15,18-22,32H,1,8-13H2,2-6H3/t14?,15-,18+,19+,20-,21?,22-,25?,26-,27-/m1/s1. The molecule has 0 aromatic carbocycles. The number of ether oxygens (including phenoxy) is 5. The van der Waals surface area contributed by atoms with Crippen LogP contribution in [-0.4, -0.2) is 71.7 Å². The smallest absolute Gasteiger partial charge is 0.454 e. The normalized spacial score (nSPS) is 44.5. The van der Waals surface area contributed by atoms with E-state index in [1.165, 1.54) is 19.9 Å². The number of hydrogen-bond acceptors (Lipinski definition) is 10. The molecule has 0 radical (unpaired) electrons. The minimum Gasteiger partial charge on any atom is -0.454 e. The van der Waals surface area contributed by atoms with Gasteiger partial charge in [0.05, 0.1) is 17.6 Å². The first kappa shape index (κ1) is 27.6. The molecule has 1 N–H and O–H groups in total. The molecule has 4 aliphatic rings. The first-order chi connectivity index (χ1) is 17.3. The van der Waals surface area contributed by atoms with Crippen molar-refractivity contribution in [1.29, 1.82) is 0 Å². The largest absolute Gasteiger partial charge is 0.508 e. The molecule has 1 saturated heterocycles. The molecule has 1 aliphatic heterocycles. The average Bonchev–Trinajstić information content (AvgIpc) is 2.81. The molecular formula is C27H38O10. The third kappa shape index (κ3) is 4.35. The zero-order valence-electron chi connectivity index (χ0n) is 22.2. The van der Waals surface area contributed by atoms with Crippen molar-refractivity contribution in [2.24, 2.45) is 29.1 Å². The van der Waals surface area contributed by atoms with Crippen LogP contribution in [0.4, 0.5) is 4.79 Å². The summed E-state index contributed by atoms with van der Waals surface area (Å²) in [4.78, 5) is 51.7. The predicted molar refractivity (Wildman–Crippen MR) is 128 cm³/mol. The highest BCUT2D eigenvalue weighted by atomic mass is 16.7. The molecule has 0 amide bonds. The van der Waals surface area contributed by atoms with E-state index in [2.05, 4.69) is 6.58 Å². The van der Waals surface area contributed by atoms with Crippen molar-refractivity contribution in [3.63, 3.8) is 0 Å². The monoisotopic (exact) mass is 522 g/mol. The van der Waals surface area contributed by atoms with Gasteiger partial charge in [-0.3, -0.25) is 14.4 Å². The molecule has 3 saturated carbocycles. The number of aliphatic hydroxyl groups is 1. The first-order valence-electron chi connectivity index (χ1n) is 13.0. The highest BCUT2D eigenvalue weighted by Gasteiger charge is 2.74. The number of Topliss-reactive ketones (excluding diaryl/α,β-unsaturated/α-hetero) is 1. The Balaban J connectivity index is 1.88. The summed E-state index contributed by atoms with van der Waals surface area (Å²) in [6.45, 7) is 11.5. The van der Waals surface area contributed by atoms with Crippen LogP contribution in [0.3, 0.4) is 0 Å². The number of hydrogen-bond donors (Lipinski definition) is 1. The van der Waals surface area contributed by atoms with Crippen LogP contribution in [0.2, 0.25) is 0 Å². The van der Waals surface area contributed by atoms with Crippen LogP contribution in [0.5, 0.6) is 0 Å². The Morgan fingerprint density at radius 3 is 2.46 bits per heavy atom. The summed E-state index contributed by atoms with van der Waals surface area (Å²) < 4.78 is 28.2. The van der Waals surface area contributed by atoms with Gasteiger partial charge in [-0.25, -0.2) is 4.79 Å². The van der Waals surface area contributed by atoms with Crippen molar-refractivity contribution in [1.82, 2.24) is 0 Å². The van der Waals surface area contributed by atoms with Gasteiger partial charge in [-0.15, -0.1) is 0 Å². The lowest BCUT2D eigenvalue weighted by Crippen LogP contribution is -2.78. The SMILES string of the molecule is C=CCOC(=O)O[C@H]1C[C@H]2OC[C@@]2(OC(C)=O)[C@H]2C[C@]3(O)CCC(C)C([C@H]3C)[C@@H](OC(C)=O)C(=O)C12C. The van der Waals surface area contributed by atoms with Gasteiger partial charge >= 0.3 is 18.1 Å². The van der Waals surface area contributed by atoms with Crippen molar-refractivity contribution in [2.45, 2.75) is 89.8 Å². The lowest BCUT2D eigenvalue weighted by atomic mass is 9.46. The van der Waals surface area contributed by atoms with Gasteiger partial charge in [0.15, 0.2) is 17.5 Å². The van der Waals surface area contributed by atoms with E-state index in [9.17, 15) is 24.3 Å². The maximum atomic E-state index is 14.6. The molecule has 10 heteroatoms. The Morgan fingerprint density at radius 1 is 1.19 bits per heavy atom. The molecule has 0 aromatic rings. The molecule has 2 bridgehead atoms. The molecular weight excluding hydrogens is 484 g/mol. The summed E-state index contributed by atoms with van der Waals surface area (Å²) >= 11 is 0. The van der Waals surface area contributed by atoms with E-state index in [0.717, 1.165) is 0 Å². The van der Waals surface area contributed by atoms with E-state index in [4.69, 9.17) is 23.7 Å². The Bertz CT molecular complexity index is 978. The molecule has 10 atom stereocenters. The summed E-state index contributed by atoms with van der Waals surface area (Å²) in [6.07, 6.45) is -1.16. The number of ketones is 1. The van der Waals surface area contributed by atoms with Gasteiger partial charge in [-0.05, 0) is 38.0 Å². The van der Waals surface area contributed by atoms with Gasteiger partial charge < -0.3 is 28.8 Å². The molecule has 3 aliphatic carbocycles. The van der Waals surface area contributed by atoms with Crippen molar-refractivity contribution in [3.8, 4) is 0 Å². The fourth-order valence-corrected chi connectivity index (χ4v) is 7.47. The van der Waals surface area contributed by atoms with Gasteiger partial charge in [0.25, 0.3) is 0 Å². The summed E-state index contributed by atoms with van der Waals surface area (Å²) in [7, 11) is 0. The van der Waals surface area contributed by atoms with E-state index < -0.39 is 70.6 Å². The van der Waals surface area contributed by atoms with Crippen LogP contribution in [0.1, 0.15) is 60.3 Å². The second-order valence-electron chi connectivity index (χ2n) is 11.5. The van der Waals surface area contributed by atoms with Crippen molar-refractivity contribution >= 4 is 23.9 Å². The molecule has 1 heterocycles. The summed E-state index contributed by atoms with van der Waals surface area (Å²) in [5.74, 6) is -3.19. The summed E-state index contributed by atoms with van der Waals surface area (Å²) in [5, 5.41) is 12.1. The molecule has 0 spiro atoms. The lowest BCUT2D eigenvalue weighted by molar-refractivity contribution is -0.329. The maximum Gasteiger partial charge on any atom is 0.508 e. The number of esters is 2. The number of carbonyl (C=O) groups excluding carboxylic acids is 4. The zero-order valence-corrected chi connectivity index (χ0v) is 22.2. The first-order valence-corrected chi connectivity index (χ1v) is 13.0. The fourth-order valence-electron chi connectivity index (χ4n) is 7.47. The molecule has 4 fully saturated rings. The highest BCUT2D eigenvalue weighted by molar-refractivity contribution is 5.92. The van der Waals surface area contributed by atoms with E-state index >= 15 is 0 Å². The van der Waals surface area contributed by atoms with Crippen molar-refractivity contribution in [3.05, 3.63) is 12.7 Å². The molecule has 10 nitrogen and oxygen atoms in total. The van der Waals surface area contributed by atoms with Crippen LogP contribution < -0.4 is 0 Å². The minimum atomic E-state index is -1.48. The molecule has 37 heavy (non-hydrogen) atoms. The summed E-state index contributed by atoms with van der Waals surface area (Å²) in [6, 6.07) is 0. The van der Waals surface area contributed by atoms with Crippen LogP contribution in [0.25, 0.3) is 0 Å². The van der Waals surface area contributed by atoms with Gasteiger partial charge in [0.2, 0.25) is 0 Å². The second kappa shape index (κ2) is 9.69. The Kier molecular flexibility index (Phi) is 7.22. The van der Waals surface area contributed by atoms with Gasteiger partial charge in [0, 0.05) is 32.1 Å². The highest BCUT2D eigenvalue weighted by Crippen LogP contribution is 2.62. The number of carbonyl (C=O) groups is 4. The van der Waals surface area contributed by atoms with Crippen LogP contribution in [0.15, 0.2) is 12.7 Å². The van der Waals surface area contributed by atoms with E-state index in [0.29, 0.717) is 12.8 Å². The molecule has 206 valence electrons. The third-order valence-electron chi connectivity index (χ3n) is 9.46. The van der Waals surface area contributed by atoms with E-state index in [1.54, 1.807) is 6.92 Å². The van der Waals surface area contributed by atoms with Crippen LogP contribution >= 0.6 is 0 Å². The quantitative estimate of drug-likeness (QED) is 0.326. The van der Waals surface area contributed by atoms with Crippen molar-refractivity contribution < 1.29 is 48.0 Å². The predicted octanol–water partition coefficient (Wildman–Crippen LogP) is 2.74. The average molecular weight is 523 g/mol. The second-order valence-corrected chi connectivity index (χ2v) is 11.5. The zero-order chi connectivity index (χ0) is 27.3. The number of rotatable bonds is 5. The molecule has 3 unspecified atom stereocenters. The minimum absolute atomic E-state index is 0.00791. The third-order valence-corrected chi connectivity index (χ3v) is 9.46. The number of fused-ring (bicyclic) bond motifs is 5. The lowest BCUT2D eigenvalue weighted by Gasteiger charge is -2.65. The summed E-state index contributed by atoms with van der Waals surface area (Å²) in [5.41, 5.74) is -3.92. The van der Waals surface area contributed by atoms with E-state index in [1.807, 2.05) is 13.8 Å². The van der Waals surface area contributed by atoms with Crippen LogP contribution in [0, 0.1) is 29.1 Å². The molecule has 0 aromatic heterocycles. The Hall–Kier alpha value is -2.46. The van der Waals surface area contributed by atoms with Crippen LogP contribution in [-0.2, 0) is 38.1 Å². The van der Waals surface area contributed by atoms with Gasteiger partial charge in [-0.2, -0.15) is 0 Å². The van der Waals surface area contributed by atoms with Gasteiger partial charge in [0.1, 0.15) is 18.8 Å². The van der Waals surface area contributed by atoms with E-state index in [-0.39, 0.29) is 37.9 Å². The van der Waals surface area contributed by atoms with Gasteiger partial charge in [-0.1, -0.05) is 26.5 Å². The molecule has 4 rings (SSSR count). The van der Waals surface area contributed by atoms with Crippen molar-refractivity contribution in [2.75, 3.05) is 13.2 Å². The topological polar surface area (TPSA) is 135 Å². The Morgan fingerprint density at radius 2 is 1.89 bits per heavy atom. The fraction of sp³-hybridized carbons (Fsp3) is 0.778. The maximum absolute atomic E-state index is 14.6.